The Bertz CT molecular complexity index is 427. The lowest BCUT2D eigenvalue weighted by Gasteiger charge is -2.14. The molecule has 5 heteroatoms. The first-order valence-corrected chi connectivity index (χ1v) is 6.13. The molecule has 1 aliphatic heterocycles. The number of nitrogens with zero attached hydrogens (tertiary/aromatic N) is 2. The van der Waals surface area contributed by atoms with Crippen molar-refractivity contribution in [2.45, 2.75) is 20.4 Å². The van der Waals surface area contributed by atoms with Gasteiger partial charge >= 0.3 is 6.03 Å². The molecule has 2 heterocycles. The Morgan fingerprint density at radius 3 is 2.69 bits per heavy atom. The predicted octanol–water partition coefficient (Wildman–Crippen LogP) is 1.84. The highest BCUT2D eigenvalue weighted by atomic mass is 32.1. The number of carbonyl (C=O) groups is 2. The number of aryl methyl sites for hydroxylation is 1. The van der Waals surface area contributed by atoms with Crippen LogP contribution in [0.25, 0.3) is 0 Å². The number of carbonyl (C=O) groups excluding carboxylic acids is 2. The summed E-state index contributed by atoms with van der Waals surface area (Å²) in [4.78, 5) is 27.4. The van der Waals surface area contributed by atoms with Gasteiger partial charge in [-0.2, -0.15) is 0 Å². The summed E-state index contributed by atoms with van der Waals surface area (Å²) < 4.78 is 0. The largest absolute Gasteiger partial charge is 0.327 e. The van der Waals surface area contributed by atoms with Crippen LogP contribution in [-0.4, -0.2) is 34.8 Å². The van der Waals surface area contributed by atoms with Gasteiger partial charge in [-0.05, 0) is 30.9 Å². The number of thiophene rings is 1. The number of likely N-dealkylation sites (N-methyl/N-ethyl adjacent to an activating group) is 1. The third-order valence-corrected chi connectivity index (χ3v) is 3.65. The Balaban J connectivity index is 2.10. The number of hydrogen-bond donors (Lipinski definition) is 0. The van der Waals surface area contributed by atoms with Crippen molar-refractivity contribution in [1.82, 2.24) is 9.80 Å². The maximum absolute atomic E-state index is 11.8. The minimum atomic E-state index is -0.168. The first-order valence-electron chi connectivity index (χ1n) is 5.25. The molecule has 0 aromatic carbocycles. The first-order chi connectivity index (χ1) is 7.61. The van der Waals surface area contributed by atoms with Gasteiger partial charge in [-0.25, -0.2) is 4.79 Å². The Hall–Kier alpha value is -1.36. The van der Waals surface area contributed by atoms with Crippen LogP contribution in [0.2, 0.25) is 0 Å². The van der Waals surface area contributed by atoms with Crippen LogP contribution in [0.5, 0.6) is 0 Å². The van der Waals surface area contributed by atoms with Crippen LogP contribution in [0.1, 0.15) is 17.4 Å². The van der Waals surface area contributed by atoms with Crippen molar-refractivity contribution in [3.05, 3.63) is 21.9 Å². The monoisotopic (exact) mass is 238 g/mol. The van der Waals surface area contributed by atoms with Crippen LogP contribution in [0, 0.1) is 6.92 Å². The van der Waals surface area contributed by atoms with Gasteiger partial charge in [0.15, 0.2) is 0 Å². The van der Waals surface area contributed by atoms with E-state index in [0.29, 0.717) is 13.1 Å². The number of imide groups is 1. The molecular weight excluding hydrogens is 224 g/mol. The third-order valence-electron chi connectivity index (χ3n) is 2.61. The van der Waals surface area contributed by atoms with Gasteiger partial charge in [0.1, 0.15) is 6.54 Å². The molecule has 1 saturated heterocycles. The molecule has 0 N–H and O–H groups in total. The first kappa shape index (κ1) is 11.1. The molecule has 86 valence electrons. The second kappa shape index (κ2) is 4.25. The fraction of sp³-hybridized carbons (Fsp3) is 0.455. The van der Waals surface area contributed by atoms with E-state index in [0.717, 1.165) is 4.88 Å². The van der Waals surface area contributed by atoms with E-state index in [2.05, 4.69) is 0 Å². The Morgan fingerprint density at radius 1 is 1.44 bits per heavy atom. The van der Waals surface area contributed by atoms with E-state index in [1.165, 1.54) is 10.5 Å². The van der Waals surface area contributed by atoms with Gasteiger partial charge in [-0.1, -0.05) is 0 Å². The highest BCUT2D eigenvalue weighted by Gasteiger charge is 2.34. The lowest BCUT2D eigenvalue weighted by atomic mass is 10.3. The lowest BCUT2D eigenvalue weighted by molar-refractivity contribution is -0.125. The second-order valence-corrected chi connectivity index (χ2v) is 4.86. The van der Waals surface area contributed by atoms with Crippen LogP contribution in [0.15, 0.2) is 11.4 Å². The molecule has 0 atom stereocenters. The minimum absolute atomic E-state index is 0.0992. The Kier molecular flexibility index (Phi) is 2.96. The molecule has 0 spiro atoms. The Labute approximate surface area is 98.5 Å². The Morgan fingerprint density at radius 2 is 2.19 bits per heavy atom. The van der Waals surface area contributed by atoms with E-state index in [9.17, 15) is 9.59 Å². The molecule has 2 rings (SSSR count). The molecular formula is C11H14N2O2S. The summed E-state index contributed by atoms with van der Waals surface area (Å²) in [6, 6.07) is 1.85. The normalized spacial score (nSPS) is 16.4. The highest BCUT2D eigenvalue weighted by Crippen LogP contribution is 2.19. The molecule has 1 aliphatic rings. The molecule has 0 radical (unpaired) electrons. The molecule has 3 amide bonds. The van der Waals surface area contributed by atoms with Gasteiger partial charge in [0.2, 0.25) is 0 Å². The zero-order valence-electron chi connectivity index (χ0n) is 9.40. The van der Waals surface area contributed by atoms with Crippen molar-refractivity contribution in [2.75, 3.05) is 13.1 Å². The molecule has 1 aromatic rings. The molecule has 16 heavy (non-hydrogen) atoms. The average Bonchev–Trinajstić information content (AvgIpc) is 2.77. The minimum Gasteiger partial charge on any atom is -0.315 e. The molecule has 0 bridgehead atoms. The van der Waals surface area contributed by atoms with E-state index < -0.39 is 0 Å². The topological polar surface area (TPSA) is 40.6 Å². The van der Waals surface area contributed by atoms with Crippen LogP contribution in [0.4, 0.5) is 4.79 Å². The molecule has 0 unspecified atom stereocenters. The molecule has 0 saturated carbocycles. The number of rotatable bonds is 3. The van der Waals surface area contributed by atoms with Crippen molar-refractivity contribution < 1.29 is 9.59 Å². The fourth-order valence-corrected chi connectivity index (χ4v) is 2.59. The predicted molar refractivity (Wildman–Crippen MR) is 62.2 cm³/mol. The van der Waals surface area contributed by atoms with Crippen LogP contribution >= 0.6 is 11.3 Å². The molecule has 1 aromatic heterocycles. The maximum Gasteiger partial charge on any atom is 0.327 e. The smallest absolute Gasteiger partial charge is 0.315 e. The number of hydrogen-bond acceptors (Lipinski definition) is 3. The summed E-state index contributed by atoms with van der Waals surface area (Å²) in [5.74, 6) is -0.0992. The van der Waals surface area contributed by atoms with Crippen LogP contribution in [-0.2, 0) is 11.3 Å². The molecule has 0 aliphatic carbocycles. The van der Waals surface area contributed by atoms with E-state index in [-0.39, 0.29) is 18.5 Å². The standard InChI is InChI=1S/C11H14N2O2S/c1-3-12-6-10(14)13(11(12)15)5-9-4-8(2)7-16-9/h4,7H,3,5-6H2,1-2H3. The van der Waals surface area contributed by atoms with Crippen molar-refractivity contribution in [1.29, 1.82) is 0 Å². The van der Waals surface area contributed by atoms with Crippen molar-refractivity contribution >= 4 is 23.3 Å². The summed E-state index contributed by atoms with van der Waals surface area (Å²) in [6.07, 6.45) is 0. The number of amides is 3. The zero-order chi connectivity index (χ0) is 11.7. The van der Waals surface area contributed by atoms with E-state index >= 15 is 0 Å². The van der Waals surface area contributed by atoms with Crippen molar-refractivity contribution in [2.24, 2.45) is 0 Å². The highest BCUT2D eigenvalue weighted by molar-refractivity contribution is 7.10. The quantitative estimate of drug-likeness (QED) is 0.754. The fourth-order valence-electron chi connectivity index (χ4n) is 1.73. The van der Waals surface area contributed by atoms with E-state index in [4.69, 9.17) is 0 Å². The molecule has 4 nitrogen and oxygen atoms in total. The summed E-state index contributed by atoms with van der Waals surface area (Å²) in [5, 5.41) is 2.03. The molecule has 1 fully saturated rings. The van der Waals surface area contributed by atoms with Crippen LogP contribution in [0.3, 0.4) is 0 Å². The van der Waals surface area contributed by atoms with Gasteiger partial charge in [-0.3, -0.25) is 9.69 Å². The van der Waals surface area contributed by atoms with E-state index in [1.807, 2.05) is 25.3 Å². The second-order valence-electron chi connectivity index (χ2n) is 3.87. The summed E-state index contributed by atoms with van der Waals surface area (Å²) in [5.41, 5.74) is 1.17. The summed E-state index contributed by atoms with van der Waals surface area (Å²) in [6.45, 7) is 5.10. The summed E-state index contributed by atoms with van der Waals surface area (Å²) >= 11 is 1.58. The van der Waals surface area contributed by atoms with Crippen LogP contribution < -0.4 is 0 Å². The van der Waals surface area contributed by atoms with Crippen molar-refractivity contribution in [3.63, 3.8) is 0 Å². The van der Waals surface area contributed by atoms with Crippen molar-refractivity contribution in [3.8, 4) is 0 Å². The maximum atomic E-state index is 11.8. The zero-order valence-corrected chi connectivity index (χ0v) is 10.2. The van der Waals surface area contributed by atoms with Gasteiger partial charge in [0.05, 0.1) is 6.54 Å². The number of urea groups is 1. The third kappa shape index (κ3) is 1.95. The van der Waals surface area contributed by atoms with Gasteiger partial charge in [0, 0.05) is 11.4 Å². The van der Waals surface area contributed by atoms with E-state index in [1.54, 1.807) is 16.2 Å². The SMILES string of the molecule is CCN1CC(=O)N(Cc2cc(C)cs2)C1=O. The van der Waals surface area contributed by atoms with Gasteiger partial charge in [0.25, 0.3) is 5.91 Å². The van der Waals surface area contributed by atoms with Gasteiger partial charge < -0.3 is 4.90 Å². The van der Waals surface area contributed by atoms with Gasteiger partial charge in [-0.15, -0.1) is 11.3 Å². The summed E-state index contributed by atoms with van der Waals surface area (Å²) in [7, 11) is 0. The lowest BCUT2D eigenvalue weighted by Crippen LogP contribution is -2.32. The average molecular weight is 238 g/mol.